The quantitative estimate of drug-likeness (QED) is 0.501. The Bertz CT molecular complexity index is 567. The highest BCUT2D eigenvalue weighted by molar-refractivity contribution is 7.88. The molecule has 0 spiro atoms. The molecule has 0 radical (unpaired) electrons. The zero-order valence-corrected chi connectivity index (χ0v) is 13.8. The molecule has 0 atom stereocenters. The number of carbonyl (C=O) groups is 1. The van der Waals surface area contributed by atoms with Gasteiger partial charge in [-0.1, -0.05) is 19.0 Å². The van der Waals surface area contributed by atoms with E-state index >= 15 is 0 Å². The lowest BCUT2D eigenvalue weighted by atomic mass is 10.2. The van der Waals surface area contributed by atoms with Crippen LogP contribution >= 0.6 is 0 Å². The molecule has 0 unspecified atom stereocenters. The van der Waals surface area contributed by atoms with E-state index in [1.807, 2.05) is 13.8 Å². The molecule has 1 aromatic rings. The first-order valence-corrected chi connectivity index (χ1v) is 8.58. The average Bonchev–Trinajstić information content (AvgIpc) is 2.89. The van der Waals surface area contributed by atoms with Crippen LogP contribution in [0.25, 0.3) is 0 Å². The van der Waals surface area contributed by atoms with Crippen molar-refractivity contribution in [3.8, 4) is 0 Å². The van der Waals surface area contributed by atoms with Gasteiger partial charge in [0.1, 0.15) is 5.75 Å². The van der Waals surface area contributed by atoms with E-state index in [4.69, 9.17) is 9.26 Å². The van der Waals surface area contributed by atoms with Gasteiger partial charge in [-0.3, -0.25) is 0 Å². The van der Waals surface area contributed by atoms with E-state index < -0.39 is 16.0 Å². The van der Waals surface area contributed by atoms with E-state index in [0.29, 0.717) is 25.6 Å². The summed E-state index contributed by atoms with van der Waals surface area (Å²) in [6.07, 6.45) is 0.579. The lowest BCUT2D eigenvalue weighted by Crippen LogP contribution is -2.26. The minimum absolute atomic E-state index is 0.0604. The second-order valence-corrected chi connectivity index (χ2v) is 6.95. The van der Waals surface area contributed by atoms with Crippen LogP contribution < -0.4 is 4.72 Å². The van der Waals surface area contributed by atoms with Crippen LogP contribution in [0.5, 0.6) is 0 Å². The van der Waals surface area contributed by atoms with E-state index in [1.165, 1.54) is 13.2 Å². The Morgan fingerprint density at radius 3 is 2.82 bits per heavy atom. The molecule has 1 heterocycles. The van der Waals surface area contributed by atoms with Gasteiger partial charge in [-0.25, -0.2) is 17.9 Å². The molecule has 126 valence electrons. The fourth-order valence-electron chi connectivity index (χ4n) is 1.54. The molecule has 0 amide bonds. The molecule has 1 rings (SSSR count). The molecule has 0 bridgehead atoms. The van der Waals surface area contributed by atoms with Crippen LogP contribution in [0.4, 0.5) is 0 Å². The van der Waals surface area contributed by atoms with Gasteiger partial charge in [0, 0.05) is 25.8 Å². The second-order valence-electron chi connectivity index (χ2n) is 5.15. The lowest BCUT2D eigenvalue weighted by Gasteiger charge is -2.07. The third-order valence-corrected chi connectivity index (χ3v) is 3.83. The molecule has 0 saturated carbocycles. The fourth-order valence-corrected chi connectivity index (χ4v) is 2.61. The molecule has 0 aromatic carbocycles. The minimum Gasteiger partial charge on any atom is -0.464 e. The number of hydrogen-bond acceptors (Lipinski definition) is 7. The van der Waals surface area contributed by atoms with Crippen molar-refractivity contribution < 1.29 is 27.2 Å². The fraction of sp³-hybridized carbons (Fsp3) is 0.692. The van der Waals surface area contributed by atoms with E-state index in [0.717, 1.165) is 0 Å². The van der Waals surface area contributed by atoms with Crippen LogP contribution in [0.1, 0.15) is 36.5 Å². The summed E-state index contributed by atoms with van der Waals surface area (Å²) in [6.45, 7) is 5.51. The standard InChI is InChI=1S/C13H22N2O6S/c1-10(2)8-20-6-4-5-14-22(17,18)9-11-7-12(15-21-11)13(16)19-3/h7,10,14H,4-6,8-9H2,1-3H3. The van der Waals surface area contributed by atoms with Crippen LogP contribution in [0.15, 0.2) is 10.6 Å². The monoisotopic (exact) mass is 334 g/mol. The molecule has 8 nitrogen and oxygen atoms in total. The number of sulfonamides is 1. The number of methoxy groups -OCH3 is 1. The molecule has 22 heavy (non-hydrogen) atoms. The van der Waals surface area contributed by atoms with Gasteiger partial charge in [0.25, 0.3) is 0 Å². The van der Waals surface area contributed by atoms with Crippen LogP contribution in [0.3, 0.4) is 0 Å². The molecule has 1 aromatic heterocycles. The zero-order chi connectivity index (χ0) is 16.6. The summed E-state index contributed by atoms with van der Waals surface area (Å²) in [4.78, 5) is 11.2. The van der Waals surface area contributed by atoms with Crippen molar-refractivity contribution in [3.05, 3.63) is 17.5 Å². The first-order chi connectivity index (χ1) is 10.3. The average molecular weight is 334 g/mol. The summed E-state index contributed by atoms with van der Waals surface area (Å²) in [7, 11) is -2.34. The first kappa shape index (κ1) is 18.6. The number of esters is 1. The van der Waals surface area contributed by atoms with Crippen molar-refractivity contribution >= 4 is 16.0 Å². The molecule has 0 aliphatic rings. The summed E-state index contributed by atoms with van der Waals surface area (Å²) in [5.74, 6) is -0.539. The Labute approximate surface area is 130 Å². The van der Waals surface area contributed by atoms with Crippen molar-refractivity contribution in [2.45, 2.75) is 26.0 Å². The van der Waals surface area contributed by atoms with E-state index in [9.17, 15) is 13.2 Å². The summed E-state index contributed by atoms with van der Waals surface area (Å²) in [5, 5.41) is 3.45. The van der Waals surface area contributed by atoms with Crippen molar-refractivity contribution in [1.82, 2.24) is 9.88 Å². The van der Waals surface area contributed by atoms with Gasteiger partial charge in [-0.05, 0) is 12.3 Å². The summed E-state index contributed by atoms with van der Waals surface area (Å²) >= 11 is 0. The normalized spacial score (nSPS) is 11.8. The maximum atomic E-state index is 11.8. The lowest BCUT2D eigenvalue weighted by molar-refractivity contribution is 0.0589. The maximum Gasteiger partial charge on any atom is 0.360 e. The van der Waals surface area contributed by atoms with Crippen molar-refractivity contribution in [2.24, 2.45) is 5.92 Å². The summed E-state index contributed by atoms with van der Waals surface area (Å²) in [5.41, 5.74) is -0.0604. The van der Waals surface area contributed by atoms with Gasteiger partial charge in [0.05, 0.1) is 7.11 Å². The Morgan fingerprint density at radius 1 is 1.45 bits per heavy atom. The van der Waals surface area contributed by atoms with Gasteiger partial charge in [-0.15, -0.1) is 0 Å². The zero-order valence-electron chi connectivity index (χ0n) is 13.0. The topological polar surface area (TPSA) is 108 Å². The Morgan fingerprint density at radius 2 is 2.18 bits per heavy atom. The van der Waals surface area contributed by atoms with E-state index in [-0.39, 0.29) is 23.8 Å². The van der Waals surface area contributed by atoms with Crippen LogP contribution in [-0.2, 0) is 25.2 Å². The number of rotatable bonds is 10. The highest BCUT2D eigenvalue weighted by atomic mass is 32.2. The first-order valence-electron chi connectivity index (χ1n) is 6.93. The number of nitrogens with one attached hydrogen (secondary N) is 1. The molecule has 0 fully saturated rings. The Hall–Kier alpha value is -1.45. The van der Waals surface area contributed by atoms with Gasteiger partial charge in [0.15, 0.2) is 11.5 Å². The highest BCUT2D eigenvalue weighted by Gasteiger charge is 2.18. The predicted octanol–water partition coefficient (Wildman–Crippen LogP) is 0.943. The minimum atomic E-state index is -3.55. The largest absolute Gasteiger partial charge is 0.464 e. The third-order valence-electron chi connectivity index (χ3n) is 2.52. The SMILES string of the molecule is COC(=O)c1cc(CS(=O)(=O)NCCCOCC(C)C)on1. The van der Waals surface area contributed by atoms with E-state index in [1.54, 1.807) is 0 Å². The van der Waals surface area contributed by atoms with Gasteiger partial charge < -0.3 is 14.0 Å². The number of carbonyl (C=O) groups excluding carboxylic acids is 1. The maximum absolute atomic E-state index is 11.8. The Kier molecular flexibility index (Phi) is 7.49. The number of nitrogens with zero attached hydrogens (tertiary/aromatic N) is 1. The van der Waals surface area contributed by atoms with Gasteiger partial charge in [0.2, 0.25) is 10.0 Å². The summed E-state index contributed by atoms with van der Waals surface area (Å²) < 4.78 is 40.7. The number of ether oxygens (including phenoxy) is 2. The van der Waals surface area contributed by atoms with Crippen LogP contribution in [-0.4, -0.2) is 46.4 Å². The van der Waals surface area contributed by atoms with Crippen molar-refractivity contribution in [1.29, 1.82) is 0 Å². The van der Waals surface area contributed by atoms with Crippen molar-refractivity contribution in [2.75, 3.05) is 26.9 Å². The molecule has 1 N–H and O–H groups in total. The second kappa shape index (κ2) is 8.86. The molecular formula is C13H22N2O6S. The summed E-state index contributed by atoms with van der Waals surface area (Å²) in [6, 6.07) is 1.25. The van der Waals surface area contributed by atoms with E-state index in [2.05, 4.69) is 14.6 Å². The number of hydrogen-bond donors (Lipinski definition) is 1. The molecule has 0 aliphatic carbocycles. The van der Waals surface area contributed by atoms with Crippen molar-refractivity contribution in [3.63, 3.8) is 0 Å². The molecule has 0 aliphatic heterocycles. The third kappa shape index (κ3) is 7.01. The molecule has 0 saturated heterocycles. The molecular weight excluding hydrogens is 312 g/mol. The highest BCUT2D eigenvalue weighted by Crippen LogP contribution is 2.08. The number of aromatic nitrogens is 1. The smallest absolute Gasteiger partial charge is 0.360 e. The van der Waals surface area contributed by atoms with Gasteiger partial charge in [-0.2, -0.15) is 0 Å². The molecule has 9 heteroatoms. The predicted molar refractivity (Wildman–Crippen MR) is 78.7 cm³/mol. The van der Waals surface area contributed by atoms with Crippen LogP contribution in [0.2, 0.25) is 0 Å². The van der Waals surface area contributed by atoms with Crippen LogP contribution in [0, 0.1) is 5.92 Å². The van der Waals surface area contributed by atoms with Gasteiger partial charge >= 0.3 is 5.97 Å². The Balaban J connectivity index is 2.34.